The summed E-state index contributed by atoms with van der Waals surface area (Å²) in [6.45, 7) is 2.47. The third-order valence-corrected chi connectivity index (χ3v) is 3.62. The molecular weight excluding hydrogens is 254 g/mol. The lowest BCUT2D eigenvalue weighted by Crippen LogP contribution is -2.45. The molecule has 1 saturated heterocycles. The smallest absolute Gasteiger partial charge is 0.0910 e. The Morgan fingerprint density at radius 3 is 2.90 bits per heavy atom. The van der Waals surface area contributed by atoms with Crippen molar-refractivity contribution < 1.29 is 4.74 Å². The van der Waals surface area contributed by atoms with E-state index < -0.39 is 0 Å². The van der Waals surface area contributed by atoms with E-state index in [0.29, 0.717) is 6.61 Å². The van der Waals surface area contributed by atoms with Crippen molar-refractivity contribution in [3.05, 3.63) is 42.2 Å². The number of benzene rings is 1. The van der Waals surface area contributed by atoms with Crippen molar-refractivity contribution in [3.8, 4) is 5.69 Å². The predicted octanol–water partition coefficient (Wildman–Crippen LogP) is 0.598. The SMILES string of the molecule is CN1CCOC(C(N)c2cnnn2-c2ccccc2)C1. The van der Waals surface area contributed by atoms with Crippen LogP contribution in [0.5, 0.6) is 0 Å². The summed E-state index contributed by atoms with van der Waals surface area (Å²) in [6.07, 6.45) is 1.69. The topological polar surface area (TPSA) is 69.2 Å². The zero-order valence-corrected chi connectivity index (χ0v) is 11.5. The summed E-state index contributed by atoms with van der Waals surface area (Å²) in [6, 6.07) is 9.64. The van der Waals surface area contributed by atoms with Crippen molar-refractivity contribution in [3.63, 3.8) is 0 Å². The number of hydrogen-bond acceptors (Lipinski definition) is 5. The molecule has 3 rings (SSSR count). The second-order valence-electron chi connectivity index (χ2n) is 5.10. The number of para-hydroxylation sites is 1. The Morgan fingerprint density at radius 1 is 1.35 bits per heavy atom. The molecule has 2 heterocycles. The molecule has 1 aromatic carbocycles. The second-order valence-corrected chi connectivity index (χ2v) is 5.10. The van der Waals surface area contributed by atoms with Crippen LogP contribution in [0.4, 0.5) is 0 Å². The van der Waals surface area contributed by atoms with Crippen LogP contribution in [-0.4, -0.2) is 52.7 Å². The van der Waals surface area contributed by atoms with Crippen LogP contribution in [-0.2, 0) is 4.74 Å². The number of aromatic nitrogens is 3. The molecule has 20 heavy (non-hydrogen) atoms. The first-order chi connectivity index (χ1) is 9.75. The molecule has 0 bridgehead atoms. The average molecular weight is 273 g/mol. The van der Waals surface area contributed by atoms with Crippen LogP contribution in [0, 0.1) is 0 Å². The molecule has 0 spiro atoms. The lowest BCUT2D eigenvalue weighted by atomic mass is 10.1. The van der Waals surface area contributed by atoms with Gasteiger partial charge in [-0.1, -0.05) is 23.4 Å². The highest BCUT2D eigenvalue weighted by atomic mass is 16.5. The van der Waals surface area contributed by atoms with Crippen LogP contribution < -0.4 is 5.73 Å². The van der Waals surface area contributed by atoms with E-state index in [1.54, 1.807) is 10.9 Å². The van der Waals surface area contributed by atoms with Crippen LogP contribution in [0.1, 0.15) is 11.7 Å². The van der Waals surface area contributed by atoms with Gasteiger partial charge in [0.05, 0.1) is 36.3 Å². The van der Waals surface area contributed by atoms with E-state index in [4.69, 9.17) is 10.5 Å². The Balaban J connectivity index is 1.86. The quantitative estimate of drug-likeness (QED) is 0.886. The molecule has 2 unspecified atom stereocenters. The zero-order valence-electron chi connectivity index (χ0n) is 11.5. The Morgan fingerprint density at radius 2 is 2.15 bits per heavy atom. The van der Waals surface area contributed by atoms with Crippen molar-refractivity contribution in [2.45, 2.75) is 12.1 Å². The highest BCUT2D eigenvalue weighted by Gasteiger charge is 2.28. The van der Waals surface area contributed by atoms with Gasteiger partial charge in [0, 0.05) is 13.1 Å². The molecular formula is C14H19N5O. The van der Waals surface area contributed by atoms with Gasteiger partial charge in [0.2, 0.25) is 0 Å². The van der Waals surface area contributed by atoms with E-state index in [9.17, 15) is 0 Å². The van der Waals surface area contributed by atoms with Crippen molar-refractivity contribution >= 4 is 0 Å². The number of likely N-dealkylation sites (N-methyl/N-ethyl adjacent to an activating group) is 1. The molecule has 0 radical (unpaired) electrons. The highest BCUT2D eigenvalue weighted by Crippen LogP contribution is 2.21. The number of ether oxygens (including phenoxy) is 1. The van der Waals surface area contributed by atoms with Gasteiger partial charge >= 0.3 is 0 Å². The van der Waals surface area contributed by atoms with Crippen molar-refractivity contribution in [2.75, 3.05) is 26.7 Å². The van der Waals surface area contributed by atoms with E-state index in [0.717, 1.165) is 24.5 Å². The third kappa shape index (κ3) is 2.58. The fraction of sp³-hybridized carbons (Fsp3) is 0.429. The fourth-order valence-corrected chi connectivity index (χ4v) is 2.46. The predicted molar refractivity (Wildman–Crippen MR) is 75.5 cm³/mol. The molecule has 2 atom stereocenters. The Bertz CT molecular complexity index is 556. The van der Waals surface area contributed by atoms with E-state index >= 15 is 0 Å². The molecule has 0 saturated carbocycles. The van der Waals surface area contributed by atoms with Crippen LogP contribution in [0.15, 0.2) is 36.5 Å². The third-order valence-electron chi connectivity index (χ3n) is 3.62. The van der Waals surface area contributed by atoms with E-state index in [1.165, 1.54) is 0 Å². The molecule has 2 N–H and O–H groups in total. The Kier molecular flexibility index (Phi) is 3.77. The van der Waals surface area contributed by atoms with Crippen LogP contribution in [0.2, 0.25) is 0 Å². The van der Waals surface area contributed by atoms with Crippen molar-refractivity contribution in [1.29, 1.82) is 0 Å². The first-order valence-corrected chi connectivity index (χ1v) is 6.77. The number of morpholine rings is 1. The Labute approximate surface area is 118 Å². The molecule has 6 heteroatoms. The van der Waals surface area contributed by atoms with Gasteiger partial charge < -0.3 is 15.4 Å². The largest absolute Gasteiger partial charge is 0.374 e. The minimum absolute atomic E-state index is 0.0327. The zero-order chi connectivity index (χ0) is 13.9. The van der Waals surface area contributed by atoms with Gasteiger partial charge in [-0.25, -0.2) is 4.68 Å². The lowest BCUT2D eigenvalue weighted by Gasteiger charge is -2.33. The molecule has 6 nitrogen and oxygen atoms in total. The first-order valence-electron chi connectivity index (χ1n) is 6.77. The summed E-state index contributed by atoms with van der Waals surface area (Å²) in [5, 5.41) is 8.14. The highest BCUT2D eigenvalue weighted by molar-refractivity contribution is 5.32. The number of nitrogens with two attached hydrogens (primary N) is 1. The number of nitrogens with zero attached hydrogens (tertiary/aromatic N) is 4. The standard InChI is InChI=1S/C14H19N5O/c1-18-7-8-20-13(10-18)14(15)12-9-16-17-19(12)11-5-3-2-4-6-11/h2-6,9,13-14H,7-8,10,15H2,1H3. The first kappa shape index (κ1) is 13.2. The normalized spacial score (nSPS) is 21.8. The average Bonchev–Trinajstić information content (AvgIpc) is 2.97. The summed E-state index contributed by atoms with van der Waals surface area (Å²) in [5.74, 6) is 0. The lowest BCUT2D eigenvalue weighted by molar-refractivity contribution is -0.0335. The molecule has 0 amide bonds. The van der Waals surface area contributed by atoms with Crippen LogP contribution in [0.3, 0.4) is 0 Å². The van der Waals surface area contributed by atoms with E-state index in [-0.39, 0.29) is 12.1 Å². The minimum atomic E-state index is -0.243. The van der Waals surface area contributed by atoms with Crippen LogP contribution >= 0.6 is 0 Å². The molecule has 106 valence electrons. The summed E-state index contributed by atoms with van der Waals surface area (Å²) in [5.41, 5.74) is 8.19. The second kappa shape index (κ2) is 5.70. The molecule has 1 aliphatic heterocycles. The summed E-state index contributed by atoms with van der Waals surface area (Å²) in [7, 11) is 2.08. The summed E-state index contributed by atoms with van der Waals surface area (Å²) >= 11 is 0. The van der Waals surface area contributed by atoms with Gasteiger partial charge in [0.25, 0.3) is 0 Å². The van der Waals surface area contributed by atoms with Gasteiger partial charge in [-0.05, 0) is 19.2 Å². The van der Waals surface area contributed by atoms with E-state index in [2.05, 4.69) is 22.3 Å². The van der Waals surface area contributed by atoms with Crippen molar-refractivity contribution in [1.82, 2.24) is 19.9 Å². The molecule has 1 fully saturated rings. The van der Waals surface area contributed by atoms with Crippen LogP contribution in [0.25, 0.3) is 5.69 Å². The monoisotopic (exact) mass is 273 g/mol. The van der Waals surface area contributed by atoms with Gasteiger partial charge in [-0.15, -0.1) is 5.10 Å². The summed E-state index contributed by atoms with van der Waals surface area (Å²) in [4.78, 5) is 2.23. The molecule has 1 aromatic heterocycles. The van der Waals surface area contributed by atoms with E-state index in [1.807, 2.05) is 30.3 Å². The van der Waals surface area contributed by atoms with Gasteiger partial charge in [0.1, 0.15) is 0 Å². The van der Waals surface area contributed by atoms with Gasteiger partial charge in [0.15, 0.2) is 0 Å². The molecule has 1 aliphatic rings. The Hall–Kier alpha value is -1.76. The minimum Gasteiger partial charge on any atom is -0.374 e. The molecule has 2 aromatic rings. The number of hydrogen-bond donors (Lipinski definition) is 1. The maximum absolute atomic E-state index is 6.36. The van der Waals surface area contributed by atoms with Crippen molar-refractivity contribution in [2.24, 2.45) is 5.73 Å². The maximum Gasteiger partial charge on any atom is 0.0910 e. The molecule has 0 aliphatic carbocycles. The van der Waals surface area contributed by atoms with Gasteiger partial charge in [-0.2, -0.15) is 0 Å². The van der Waals surface area contributed by atoms with Gasteiger partial charge in [-0.3, -0.25) is 0 Å². The number of rotatable bonds is 3. The summed E-state index contributed by atoms with van der Waals surface area (Å²) < 4.78 is 7.57. The maximum atomic E-state index is 6.36. The fourth-order valence-electron chi connectivity index (χ4n) is 2.46.